The number of piperidine rings is 1. The van der Waals surface area contributed by atoms with E-state index in [2.05, 4.69) is 20.9 Å². The van der Waals surface area contributed by atoms with Crippen molar-refractivity contribution in [2.24, 2.45) is 0 Å². The Bertz CT molecular complexity index is 955. The predicted octanol–water partition coefficient (Wildman–Crippen LogP) is 3.98. The van der Waals surface area contributed by atoms with Gasteiger partial charge >= 0.3 is 0 Å². The lowest BCUT2D eigenvalue weighted by Gasteiger charge is -2.23. The molecule has 0 atom stereocenters. The Hall–Kier alpha value is -2.90. The van der Waals surface area contributed by atoms with Crippen LogP contribution >= 0.6 is 12.4 Å². The van der Waals surface area contributed by atoms with Crippen molar-refractivity contribution in [2.45, 2.75) is 25.8 Å². The van der Waals surface area contributed by atoms with Crippen molar-refractivity contribution in [1.29, 1.82) is 0 Å². The average molecular weight is 414 g/mol. The zero-order valence-corrected chi connectivity index (χ0v) is 17.0. The Morgan fingerprint density at radius 1 is 1.10 bits per heavy atom. The summed E-state index contributed by atoms with van der Waals surface area (Å²) in [5, 5.41) is 14.6. The summed E-state index contributed by atoms with van der Waals surface area (Å²) in [6.07, 6.45) is 1.98. The SMILES string of the molecule is Cc1c(C(=O)Nc2cccc(Oc3ccccc3)c2)nnn1C1CCNCC1.Cl. The fourth-order valence-electron chi connectivity index (χ4n) is 3.40. The zero-order valence-electron chi connectivity index (χ0n) is 16.2. The molecule has 3 aromatic rings. The molecule has 7 nitrogen and oxygen atoms in total. The summed E-state index contributed by atoms with van der Waals surface area (Å²) in [7, 11) is 0. The topological polar surface area (TPSA) is 81.1 Å². The Labute approximate surface area is 175 Å². The van der Waals surface area contributed by atoms with E-state index in [0.717, 1.165) is 37.4 Å². The summed E-state index contributed by atoms with van der Waals surface area (Å²) < 4.78 is 7.70. The number of rotatable bonds is 5. The number of halogens is 1. The first-order chi connectivity index (χ1) is 13.7. The molecule has 0 saturated carbocycles. The molecule has 0 radical (unpaired) electrons. The highest BCUT2D eigenvalue weighted by Crippen LogP contribution is 2.25. The van der Waals surface area contributed by atoms with Crippen molar-refractivity contribution in [3.63, 3.8) is 0 Å². The standard InChI is InChI=1S/C21H23N5O2.ClH/c1-15-20(24-25-26(15)17-10-12-22-13-11-17)21(27)23-16-6-5-9-19(14-16)28-18-7-3-2-4-8-18;/h2-9,14,17,22H,10-13H2,1H3,(H,23,27);1H. The van der Waals surface area contributed by atoms with E-state index in [1.54, 1.807) is 6.07 Å². The average Bonchev–Trinajstić information content (AvgIpc) is 3.11. The third kappa shape index (κ3) is 4.93. The molecule has 1 saturated heterocycles. The summed E-state index contributed by atoms with van der Waals surface area (Å²) in [5.41, 5.74) is 1.79. The van der Waals surface area contributed by atoms with Gasteiger partial charge in [0.1, 0.15) is 11.5 Å². The number of para-hydroxylation sites is 1. The summed E-state index contributed by atoms with van der Waals surface area (Å²) in [4.78, 5) is 12.7. The fourth-order valence-corrected chi connectivity index (χ4v) is 3.40. The fraction of sp³-hybridized carbons (Fsp3) is 0.286. The van der Waals surface area contributed by atoms with E-state index in [-0.39, 0.29) is 24.4 Å². The Balaban J connectivity index is 0.00000240. The quantitative estimate of drug-likeness (QED) is 0.661. The number of nitrogens with one attached hydrogen (secondary N) is 2. The van der Waals surface area contributed by atoms with Gasteiger partial charge in [-0.2, -0.15) is 0 Å². The number of anilines is 1. The molecule has 1 amide bonds. The van der Waals surface area contributed by atoms with Crippen LogP contribution in [-0.4, -0.2) is 34.0 Å². The number of hydrogen-bond donors (Lipinski definition) is 2. The van der Waals surface area contributed by atoms with E-state index in [4.69, 9.17) is 4.74 Å². The molecule has 1 aromatic heterocycles. The lowest BCUT2D eigenvalue weighted by molar-refractivity contribution is 0.102. The van der Waals surface area contributed by atoms with Crippen LogP contribution in [0.15, 0.2) is 54.6 Å². The zero-order chi connectivity index (χ0) is 19.3. The first kappa shape index (κ1) is 20.8. The molecule has 0 spiro atoms. The largest absolute Gasteiger partial charge is 0.457 e. The first-order valence-corrected chi connectivity index (χ1v) is 9.47. The van der Waals surface area contributed by atoms with Gasteiger partial charge in [-0.15, -0.1) is 17.5 Å². The van der Waals surface area contributed by atoms with Crippen LogP contribution in [0, 0.1) is 6.92 Å². The number of benzene rings is 2. The van der Waals surface area contributed by atoms with E-state index in [1.807, 2.05) is 60.1 Å². The van der Waals surface area contributed by atoms with Crippen molar-refractivity contribution in [2.75, 3.05) is 18.4 Å². The van der Waals surface area contributed by atoms with Crippen LogP contribution in [0.25, 0.3) is 0 Å². The van der Waals surface area contributed by atoms with E-state index in [9.17, 15) is 4.79 Å². The number of ether oxygens (including phenoxy) is 1. The second-order valence-corrected chi connectivity index (χ2v) is 6.85. The van der Waals surface area contributed by atoms with Crippen molar-refractivity contribution in [3.05, 3.63) is 66.0 Å². The highest BCUT2D eigenvalue weighted by Gasteiger charge is 2.23. The minimum atomic E-state index is -0.269. The summed E-state index contributed by atoms with van der Waals surface area (Å²) in [5.74, 6) is 1.13. The van der Waals surface area contributed by atoms with Gasteiger partial charge in [0.15, 0.2) is 5.69 Å². The van der Waals surface area contributed by atoms with E-state index < -0.39 is 0 Å². The molecule has 0 aliphatic carbocycles. The van der Waals surface area contributed by atoms with Gasteiger partial charge in [0.05, 0.1) is 11.7 Å². The molecule has 8 heteroatoms. The minimum Gasteiger partial charge on any atom is -0.457 e. The van der Waals surface area contributed by atoms with E-state index in [0.29, 0.717) is 17.1 Å². The van der Waals surface area contributed by atoms with Gasteiger partial charge in [-0.05, 0) is 57.1 Å². The number of hydrogen-bond acceptors (Lipinski definition) is 5. The normalized spacial score (nSPS) is 14.1. The van der Waals surface area contributed by atoms with Gasteiger partial charge < -0.3 is 15.4 Å². The minimum absolute atomic E-state index is 0. The molecule has 2 N–H and O–H groups in total. The molecule has 0 bridgehead atoms. The van der Waals surface area contributed by atoms with Gasteiger partial charge in [0.25, 0.3) is 5.91 Å². The molecule has 2 heterocycles. The molecule has 29 heavy (non-hydrogen) atoms. The van der Waals surface area contributed by atoms with Crippen LogP contribution < -0.4 is 15.4 Å². The maximum absolute atomic E-state index is 12.7. The maximum Gasteiger partial charge on any atom is 0.278 e. The smallest absolute Gasteiger partial charge is 0.278 e. The summed E-state index contributed by atoms with van der Waals surface area (Å²) in [6, 6.07) is 17.1. The lowest BCUT2D eigenvalue weighted by Crippen LogP contribution is -2.30. The third-order valence-corrected chi connectivity index (χ3v) is 4.87. The number of aromatic nitrogens is 3. The molecule has 1 aliphatic rings. The monoisotopic (exact) mass is 413 g/mol. The Morgan fingerprint density at radius 3 is 2.59 bits per heavy atom. The van der Waals surface area contributed by atoms with Gasteiger partial charge in [0.2, 0.25) is 0 Å². The van der Waals surface area contributed by atoms with Crippen LogP contribution in [0.4, 0.5) is 5.69 Å². The van der Waals surface area contributed by atoms with E-state index in [1.165, 1.54) is 0 Å². The van der Waals surface area contributed by atoms with Gasteiger partial charge in [-0.1, -0.05) is 29.5 Å². The highest BCUT2D eigenvalue weighted by molar-refractivity contribution is 6.03. The van der Waals surface area contributed by atoms with Crippen LogP contribution in [-0.2, 0) is 0 Å². The summed E-state index contributed by atoms with van der Waals surface area (Å²) in [6.45, 7) is 3.81. The predicted molar refractivity (Wildman–Crippen MR) is 114 cm³/mol. The maximum atomic E-state index is 12.7. The Kier molecular flexibility index (Phi) is 6.85. The molecule has 0 unspecified atom stereocenters. The third-order valence-electron chi connectivity index (χ3n) is 4.87. The molecule has 152 valence electrons. The van der Waals surface area contributed by atoms with Gasteiger partial charge in [-0.3, -0.25) is 4.79 Å². The Morgan fingerprint density at radius 2 is 1.83 bits per heavy atom. The van der Waals surface area contributed by atoms with Crippen LogP contribution in [0.5, 0.6) is 11.5 Å². The molecule has 4 rings (SSSR count). The second-order valence-electron chi connectivity index (χ2n) is 6.85. The van der Waals surface area contributed by atoms with Crippen LogP contribution in [0.1, 0.15) is 35.1 Å². The van der Waals surface area contributed by atoms with Crippen molar-refractivity contribution < 1.29 is 9.53 Å². The number of amides is 1. The van der Waals surface area contributed by atoms with Crippen LogP contribution in [0.2, 0.25) is 0 Å². The van der Waals surface area contributed by atoms with Gasteiger partial charge in [-0.25, -0.2) is 4.68 Å². The molecule has 1 aliphatic heterocycles. The summed E-state index contributed by atoms with van der Waals surface area (Å²) >= 11 is 0. The molecule has 1 fully saturated rings. The van der Waals surface area contributed by atoms with Crippen molar-refractivity contribution >= 4 is 24.0 Å². The number of carbonyl (C=O) groups is 1. The molecular formula is C21H24ClN5O2. The van der Waals surface area contributed by atoms with Crippen molar-refractivity contribution in [3.8, 4) is 11.5 Å². The van der Waals surface area contributed by atoms with Gasteiger partial charge in [0, 0.05) is 11.8 Å². The molecular weight excluding hydrogens is 390 g/mol. The highest BCUT2D eigenvalue weighted by atomic mass is 35.5. The van der Waals surface area contributed by atoms with Crippen molar-refractivity contribution in [1.82, 2.24) is 20.3 Å². The lowest BCUT2D eigenvalue weighted by atomic mass is 10.1. The number of nitrogens with zero attached hydrogens (tertiary/aromatic N) is 3. The van der Waals surface area contributed by atoms with Crippen LogP contribution in [0.3, 0.4) is 0 Å². The number of carbonyl (C=O) groups excluding carboxylic acids is 1. The van der Waals surface area contributed by atoms with E-state index >= 15 is 0 Å². The molecule has 2 aromatic carbocycles. The first-order valence-electron chi connectivity index (χ1n) is 9.47. The second kappa shape index (κ2) is 9.54.